The first-order chi connectivity index (χ1) is 13.7. The van der Waals surface area contributed by atoms with Crippen molar-refractivity contribution in [1.29, 1.82) is 0 Å². The van der Waals surface area contributed by atoms with E-state index in [0.717, 1.165) is 35.7 Å². The number of nitrogens with zero attached hydrogens (tertiary/aromatic N) is 2. The lowest BCUT2D eigenvalue weighted by molar-refractivity contribution is -0.118. The van der Waals surface area contributed by atoms with E-state index in [4.69, 9.17) is 5.73 Å². The Bertz CT molecular complexity index is 800. The van der Waals surface area contributed by atoms with Gasteiger partial charge in [0.05, 0.1) is 11.0 Å². The van der Waals surface area contributed by atoms with Crippen LogP contribution < -0.4 is 16.4 Å². The third-order valence-corrected chi connectivity index (χ3v) is 6.26. The van der Waals surface area contributed by atoms with Gasteiger partial charge in [-0.15, -0.1) is 21.5 Å². The number of thiophene rings is 1. The van der Waals surface area contributed by atoms with E-state index >= 15 is 0 Å². The summed E-state index contributed by atoms with van der Waals surface area (Å²) in [7, 11) is 0. The highest BCUT2D eigenvalue weighted by Crippen LogP contribution is 2.24. The third-order valence-electron chi connectivity index (χ3n) is 4.30. The first-order valence-corrected chi connectivity index (χ1v) is 11.6. The second-order valence-electron chi connectivity index (χ2n) is 7.88. The van der Waals surface area contributed by atoms with Crippen LogP contribution in [0.15, 0.2) is 12.1 Å². The average Bonchev–Trinajstić information content (AvgIpc) is 3.26. The van der Waals surface area contributed by atoms with Gasteiger partial charge in [0.25, 0.3) is 0 Å². The van der Waals surface area contributed by atoms with Crippen molar-refractivity contribution >= 4 is 44.6 Å². The monoisotopic (exact) mass is 437 g/mol. The number of amides is 2. The molecular weight excluding hydrogens is 406 g/mol. The predicted molar refractivity (Wildman–Crippen MR) is 120 cm³/mol. The van der Waals surface area contributed by atoms with Crippen LogP contribution in [-0.2, 0) is 22.4 Å². The van der Waals surface area contributed by atoms with Gasteiger partial charge in [0.1, 0.15) is 5.01 Å². The molecule has 0 spiro atoms. The number of aromatic nitrogens is 2. The standard InChI is InChI=1S/C20H31N5O2S2/c1-12(2)11-15(26)22-20-25-24-17(29-20)8-6-5-7-14-9-10-16(28-14)23-19(27)18(21)13(3)4/h9-10,12-13,18H,5-8,11,21H2,1-4H3,(H,23,27)(H,22,25,26)/t18-/m0/s1. The fraction of sp³-hybridized carbons (Fsp3) is 0.600. The highest BCUT2D eigenvalue weighted by molar-refractivity contribution is 7.16. The number of unbranched alkanes of at least 4 members (excludes halogenated alkanes) is 1. The van der Waals surface area contributed by atoms with Gasteiger partial charge in [0.2, 0.25) is 16.9 Å². The summed E-state index contributed by atoms with van der Waals surface area (Å²) in [6, 6.07) is 3.49. The lowest BCUT2D eigenvalue weighted by Gasteiger charge is -2.14. The van der Waals surface area contributed by atoms with Crippen molar-refractivity contribution in [2.45, 2.75) is 65.8 Å². The summed E-state index contributed by atoms with van der Waals surface area (Å²) in [4.78, 5) is 25.1. The first-order valence-electron chi connectivity index (χ1n) is 10.0. The number of hydrogen-bond acceptors (Lipinski definition) is 7. The van der Waals surface area contributed by atoms with Crippen LogP contribution in [0.2, 0.25) is 0 Å². The van der Waals surface area contributed by atoms with Crippen molar-refractivity contribution in [2.24, 2.45) is 17.6 Å². The van der Waals surface area contributed by atoms with Crippen molar-refractivity contribution in [2.75, 3.05) is 10.6 Å². The first kappa shape index (κ1) is 23.4. The third kappa shape index (κ3) is 8.20. The Morgan fingerprint density at radius 1 is 1.03 bits per heavy atom. The minimum Gasteiger partial charge on any atom is -0.320 e. The maximum absolute atomic E-state index is 12.0. The van der Waals surface area contributed by atoms with Gasteiger partial charge >= 0.3 is 0 Å². The molecule has 0 saturated carbocycles. The summed E-state index contributed by atoms with van der Waals surface area (Å²) in [6.07, 6.45) is 4.30. The molecule has 0 saturated heterocycles. The van der Waals surface area contributed by atoms with Gasteiger partial charge < -0.3 is 16.4 Å². The quantitative estimate of drug-likeness (QED) is 0.459. The number of carbonyl (C=O) groups is 2. The Balaban J connectivity index is 1.70. The van der Waals surface area contributed by atoms with Gasteiger partial charge in [-0.05, 0) is 43.2 Å². The molecule has 0 radical (unpaired) electrons. The molecule has 7 nitrogen and oxygen atoms in total. The number of anilines is 2. The van der Waals surface area contributed by atoms with Crippen LogP contribution in [0.3, 0.4) is 0 Å². The van der Waals surface area contributed by atoms with Crippen LogP contribution >= 0.6 is 22.7 Å². The molecule has 160 valence electrons. The van der Waals surface area contributed by atoms with E-state index in [0.29, 0.717) is 17.5 Å². The van der Waals surface area contributed by atoms with Gasteiger partial charge in [-0.3, -0.25) is 9.59 Å². The molecule has 1 atom stereocenters. The molecule has 2 aromatic rings. The van der Waals surface area contributed by atoms with Crippen LogP contribution in [0.25, 0.3) is 0 Å². The summed E-state index contributed by atoms with van der Waals surface area (Å²) in [5.41, 5.74) is 5.88. The number of nitrogens with one attached hydrogen (secondary N) is 2. The molecule has 0 aliphatic rings. The van der Waals surface area contributed by atoms with E-state index in [1.54, 1.807) is 11.3 Å². The molecule has 4 N–H and O–H groups in total. The number of hydrogen-bond donors (Lipinski definition) is 3. The zero-order chi connectivity index (χ0) is 21.4. The second-order valence-corrected chi connectivity index (χ2v) is 10.1. The molecule has 0 fully saturated rings. The van der Waals surface area contributed by atoms with Crippen molar-refractivity contribution in [3.63, 3.8) is 0 Å². The minimum absolute atomic E-state index is 0.0161. The summed E-state index contributed by atoms with van der Waals surface area (Å²) < 4.78 is 0. The summed E-state index contributed by atoms with van der Waals surface area (Å²) in [5, 5.41) is 16.3. The average molecular weight is 438 g/mol. The number of rotatable bonds is 11. The maximum atomic E-state index is 12.0. The highest BCUT2D eigenvalue weighted by atomic mass is 32.1. The lowest BCUT2D eigenvalue weighted by Crippen LogP contribution is -2.39. The van der Waals surface area contributed by atoms with Gasteiger partial charge in [0, 0.05) is 17.7 Å². The van der Waals surface area contributed by atoms with Crippen LogP contribution in [0, 0.1) is 11.8 Å². The number of aryl methyl sites for hydroxylation is 2. The molecule has 0 aliphatic carbocycles. The lowest BCUT2D eigenvalue weighted by atomic mass is 10.1. The fourth-order valence-corrected chi connectivity index (χ4v) is 4.36. The van der Waals surface area contributed by atoms with Crippen LogP contribution in [-0.4, -0.2) is 28.1 Å². The molecular formula is C20H31N5O2S2. The van der Waals surface area contributed by atoms with Crippen molar-refractivity contribution in [3.05, 3.63) is 22.0 Å². The van der Waals surface area contributed by atoms with Crippen LogP contribution in [0.1, 0.15) is 56.8 Å². The number of carbonyl (C=O) groups excluding carboxylic acids is 2. The van der Waals surface area contributed by atoms with E-state index in [-0.39, 0.29) is 17.7 Å². The highest BCUT2D eigenvalue weighted by Gasteiger charge is 2.17. The van der Waals surface area contributed by atoms with E-state index in [2.05, 4.69) is 26.9 Å². The Kier molecular flexibility index (Phi) is 9.19. The van der Waals surface area contributed by atoms with Crippen LogP contribution in [0.4, 0.5) is 10.1 Å². The van der Waals surface area contributed by atoms with Gasteiger partial charge in [-0.25, -0.2) is 0 Å². The zero-order valence-corrected chi connectivity index (χ0v) is 19.2. The van der Waals surface area contributed by atoms with E-state index < -0.39 is 6.04 Å². The van der Waals surface area contributed by atoms with E-state index in [1.165, 1.54) is 16.2 Å². The molecule has 2 rings (SSSR count). The summed E-state index contributed by atoms with van der Waals surface area (Å²) in [5.74, 6) is 0.276. The molecule has 29 heavy (non-hydrogen) atoms. The molecule has 2 amide bonds. The topological polar surface area (TPSA) is 110 Å². The van der Waals surface area contributed by atoms with Crippen molar-refractivity contribution in [3.8, 4) is 0 Å². The molecule has 9 heteroatoms. The second kappa shape index (κ2) is 11.4. The molecule has 2 aromatic heterocycles. The van der Waals surface area contributed by atoms with E-state index in [9.17, 15) is 9.59 Å². The molecule has 0 unspecified atom stereocenters. The molecule has 0 aromatic carbocycles. The minimum atomic E-state index is -0.493. The van der Waals surface area contributed by atoms with E-state index in [1.807, 2.05) is 33.8 Å². The van der Waals surface area contributed by atoms with Gasteiger partial charge in [0.15, 0.2) is 0 Å². The molecule has 0 aliphatic heterocycles. The zero-order valence-electron chi connectivity index (χ0n) is 17.5. The summed E-state index contributed by atoms with van der Waals surface area (Å²) in [6.45, 7) is 7.89. The predicted octanol–water partition coefficient (Wildman–Crippen LogP) is 4.07. The maximum Gasteiger partial charge on any atom is 0.242 e. The normalized spacial score (nSPS) is 12.4. The number of nitrogens with two attached hydrogens (primary N) is 1. The largest absolute Gasteiger partial charge is 0.320 e. The Hall–Kier alpha value is -1.84. The smallest absolute Gasteiger partial charge is 0.242 e. The van der Waals surface area contributed by atoms with Crippen molar-refractivity contribution < 1.29 is 9.59 Å². The van der Waals surface area contributed by atoms with Gasteiger partial charge in [-0.2, -0.15) is 0 Å². The Morgan fingerprint density at radius 2 is 1.76 bits per heavy atom. The molecule has 2 heterocycles. The van der Waals surface area contributed by atoms with Gasteiger partial charge in [-0.1, -0.05) is 39.0 Å². The van der Waals surface area contributed by atoms with Crippen LogP contribution in [0.5, 0.6) is 0 Å². The van der Waals surface area contributed by atoms with Crippen molar-refractivity contribution in [1.82, 2.24) is 10.2 Å². The Morgan fingerprint density at radius 3 is 2.45 bits per heavy atom. The SMILES string of the molecule is CC(C)CC(=O)Nc1nnc(CCCCc2ccc(NC(=O)[C@@H](N)C(C)C)s2)s1. The fourth-order valence-electron chi connectivity index (χ4n) is 2.61. The summed E-state index contributed by atoms with van der Waals surface area (Å²) >= 11 is 3.03. The molecule has 0 bridgehead atoms. The Labute approximate surface area is 180 Å².